The molecule has 0 N–H and O–H groups in total. The van der Waals surface area contributed by atoms with Gasteiger partial charge in [-0.2, -0.15) is 18.4 Å². The second-order valence-electron chi connectivity index (χ2n) is 4.13. The average Bonchev–Trinajstić information content (AvgIpc) is 2.44. The van der Waals surface area contributed by atoms with Gasteiger partial charge in [-0.1, -0.05) is 0 Å². The number of pyridine rings is 1. The first-order valence-corrected chi connectivity index (χ1v) is 6.72. The van der Waals surface area contributed by atoms with Crippen molar-refractivity contribution in [2.75, 3.05) is 0 Å². The number of nitrogens with zero attached hydrogens (tertiary/aromatic N) is 2. The van der Waals surface area contributed by atoms with Crippen molar-refractivity contribution in [1.29, 1.82) is 5.26 Å². The summed E-state index contributed by atoms with van der Waals surface area (Å²) in [7, 11) is 0. The summed E-state index contributed by atoms with van der Waals surface area (Å²) < 4.78 is 50.4. The maximum atomic E-state index is 13.2. The first kappa shape index (κ1) is 15.3. The van der Waals surface area contributed by atoms with Gasteiger partial charge in [0.05, 0.1) is 22.2 Å². The number of aromatic nitrogens is 1. The fraction of sp³-hybridized carbons (Fsp3) is 0.143. The van der Waals surface area contributed by atoms with E-state index in [1.54, 1.807) is 0 Å². The molecule has 0 fully saturated rings. The minimum absolute atomic E-state index is 0.200. The van der Waals surface area contributed by atoms with Gasteiger partial charge >= 0.3 is 6.18 Å². The lowest BCUT2D eigenvalue weighted by molar-refractivity contribution is -0.137. The van der Waals surface area contributed by atoms with Gasteiger partial charge in [0, 0.05) is 11.9 Å². The Balaban J connectivity index is 2.07. The SMILES string of the molecule is N#Cc1cc(F)cc(CSc2ccc(C(F)(F)F)cn2)c1. The van der Waals surface area contributed by atoms with Crippen LogP contribution in [0.15, 0.2) is 41.6 Å². The molecule has 0 atom stereocenters. The summed E-state index contributed by atoms with van der Waals surface area (Å²) in [6, 6.07) is 7.97. The van der Waals surface area contributed by atoms with Crippen molar-refractivity contribution in [2.24, 2.45) is 0 Å². The first-order chi connectivity index (χ1) is 9.88. The molecule has 0 aliphatic heterocycles. The van der Waals surface area contributed by atoms with Crippen molar-refractivity contribution >= 4 is 11.8 Å². The number of alkyl halides is 3. The summed E-state index contributed by atoms with van der Waals surface area (Å²) in [5.74, 6) is -0.213. The van der Waals surface area contributed by atoms with Crippen molar-refractivity contribution in [3.8, 4) is 6.07 Å². The van der Waals surface area contributed by atoms with E-state index >= 15 is 0 Å². The summed E-state index contributed by atoms with van der Waals surface area (Å²) in [5, 5.41) is 9.13. The van der Waals surface area contributed by atoms with E-state index in [9.17, 15) is 17.6 Å². The molecule has 0 saturated heterocycles. The van der Waals surface area contributed by atoms with Gasteiger partial charge in [0.25, 0.3) is 0 Å². The smallest absolute Gasteiger partial charge is 0.249 e. The maximum Gasteiger partial charge on any atom is 0.417 e. The van der Waals surface area contributed by atoms with E-state index in [4.69, 9.17) is 5.26 Å². The Bertz CT molecular complexity index is 675. The quantitative estimate of drug-likeness (QED) is 0.622. The zero-order chi connectivity index (χ0) is 15.5. The molecule has 0 aliphatic carbocycles. The van der Waals surface area contributed by atoms with Crippen molar-refractivity contribution in [3.05, 3.63) is 59.0 Å². The first-order valence-electron chi connectivity index (χ1n) is 5.74. The number of thioether (sulfide) groups is 1. The third-order valence-corrected chi connectivity index (χ3v) is 3.55. The summed E-state index contributed by atoms with van der Waals surface area (Å²) in [4.78, 5) is 3.71. The molecule has 0 amide bonds. The van der Waals surface area contributed by atoms with Crippen LogP contribution in [0.2, 0.25) is 0 Å². The standard InChI is InChI=1S/C14H8F4N2S/c15-12-4-9(6-19)3-10(5-12)8-21-13-2-1-11(7-20-13)14(16,17)18/h1-5,7H,8H2. The molecule has 2 aromatic rings. The average molecular weight is 312 g/mol. The number of nitriles is 1. The Morgan fingerprint density at radius 2 is 1.95 bits per heavy atom. The van der Waals surface area contributed by atoms with Gasteiger partial charge in [0.15, 0.2) is 0 Å². The molecule has 0 saturated carbocycles. The van der Waals surface area contributed by atoms with E-state index in [0.29, 0.717) is 16.3 Å². The Labute approximate surface area is 122 Å². The highest BCUT2D eigenvalue weighted by atomic mass is 32.2. The summed E-state index contributed by atoms with van der Waals surface area (Å²) in [5.41, 5.74) is -0.0476. The molecule has 0 radical (unpaired) electrons. The Morgan fingerprint density at radius 1 is 1.19 bits per heavy atom. The van der Waals surface area contributed by atoms with Gasteiger partial charge in [0.2, 0.25) is 0 Å². The topological polar surface area (TPSA) is 36.7 Å². The normalized spacial score (nSPS) is 11.2. The van der Waals surface area contributed by atoms with Crippen molar-refractivity contribution in [1.82, 2.24) is 4.98 Å². The third-order valence-electron chi connectivity index (χ3n) is 2.54. The van der Waals surface area contributed by atoms with Gasteiger partial charge in [0.1, 0.15) is 5.82 Å². The molecule has 7 heteroatoms. The van der Waals surface area contributed by atoms with E-state index in [1.165, 1.54) is 30.0 Å². The number of halogens is 4. The fourth-order valence-corrected chi connectivity index (χ4v) is 2.36. The molecule has 21 heavy (non-hydrogen) atoms. The zero-order valence-electron chi connectivity index (χ0n) is 10.5. The van der Waals surface area contributed by atoms with Crippen LogP contribution in [0.25, 0.3) is 0 Å². The van der Waals surface area contributed by atoms with E-state index < -0.39 is 17.6 Å². The highest BCUT2D eigenvalue weighted by Gasteiger charge is 2.30. The molecule has 2 nitrogen and oxygen atoms in total. The van der Waals surface area contributed by atoms with E-state index in [2.05, 4.69) is 4.98 Å². The van der Waals surface area contributed by atoms with Crippen LogP contribution in [-0.2, 0) is 11.9 Å². The van der Waals surface area contributed by atoms with Crippen molar-refractivity contribution < 1.29 is 17.6 Å². The van der Waals surface area contributed by atoms with Gasteiger partial charge in [-0.05, 0) is 35.9 Å². The molecule has 0 unspecified atom stereocenters. The van der Waals surface area contributed by atoms with Crippen LogP contribution in [0.3, 0.4) is 0 Å². The molecule has 2 rings (SSSR count). The second kappa shape index (κ2) is 6.14. The molecule has 0 bridgehead atoms. The monoisotopic (exact) mass is 312 g/mol. The number of rotatable bonds is 3. The Kier molecular flexibility index (Phi) is 4.48. The summed E-state index contributed by atoms with van der Waals surface area (Å²) in [6.07, 6.45) is -3.66. The number of hydrogen-bond donors (Lipinski definition) is 0. The molecule has 1 aromatic heterocycles. The molecular weight excluding hydrogens is 304 g/mol. The predicted octanol–water partition coefficient (Wildman–Crippen LogP) is 4.40. The van der Waals surface area contributed by atoms with Crippen LogP contribution in [0.1, 0.15) is 16.7 Å². The van der Waals surface area contributed by atoms with Crippen LogP contribution >= 0.6 is 11.8 Å². The zero-order valence-corrected chi connectivity index (χ0v) is 11.3. The van der Waals surface area contributed by atoms with Crippen LogP contribution < -0.4 is 0 Å². The van der Waals surface area contributed by atoms with Crippen molar-refractivity contribution in [2.45, 2.75) is 17.0 Å². The molecule has 108 valence electrons. The van der Waals surface area contributed by atoms with Crippen molar-refractivity contribution in [3.63, 3.8) is 0 Å². The minimum Gasteiger partial charge on any atom is -0.249 e. The molecule has 1 heterocycles. The number of benzene rings is 1. The molecular formula is C14H8F4N2S. The van der Waals surface area contributed by atoms with Gasteiger partial charge < -0.3 is 0 Å². The lowest BCUT2D eigenvalue weighted by Crippen LogP contribution is -2.05. The van der Waals surface area contributed by atoms with Gasteiger partial charge in [-0.25, -0.2) is 9.37 Å². The predicted molar refractivity (Wildman–Crippen MR) is 69.9 cm³/mol. The minimum atomic E-state index is -4.42. The second-order valence-corrected chi connectivity index (χ2v) is 5.13. The van der Waals surface area contributed by atoms with E-state index in [1.807, 2.05) is 6.07 Å². The third kappa shape index (κ3) is 4.20. The lowest BCUT2D eigenvalue weighted by atomic mass is 10.1. The Morgan fingerprint density at radius 3 is 2.52 bits per heavy atom. The molecule has 1 aromatic carbocycles. The highest BCUT2D eigenvalue weighted by Crippen LogP contribution is 2.30. The Hall–Kier alpha value is -2.07. The van der Waals surface area contributed by atoms with Gasteiger partial charge in [-0.3, -0.25) is 0 Å². The highest BCUT2D eigenvalue weighted by molar-refractivity contribution is 7.98. The summed E-state index contributed by atoms with van der Waals surface area (Å²) >= 11 is 1.17. The fourth-order valence-electron chi connectivity index (χ4n) is 1.59. The molecule has 0 spiro atoms. The number of hydrogen-bond acceptors (Lipinski definition) is 3. The van der Waals surface area contributed by atoms with E-state index in [-0.39, 0.29) is 5.56 Å². The summed E-state index contributed by atoms with van der Waals surface area (Å²) in [6.45, 7) is 0. The van der Waals surface area contributed by atoms with Crippen LogP contribution in [0.5, 0.6) is 0 Å². The van der Waals surface area contributed by atoms with E-state index in [0.717, 1.165) is 18.3 Å². The van der Waals surface area contributed by atoms with Crippen LogP contribution in [-0.4, -0.2) is 4.98 Å². The van der Waals surface area contributed by atoms with Gasteiger partial charge in [-0.15, -0.1) is 11.8 Å². The molecule has 0 aliphatic rings. The largest absolute Gasteiger partial charge is 0.417 e. The van der Waals surface area contributed by atoms with Crippen LogP contribution in [0.4, 0.5) is 17.6 Å². The van der Waals surface area contributed by atoms with Crippen LogP contribution in [0, 0.1) is 17.1 Å². The maximum absolute atomic E-state index is 13.2. The lowest BCUT2D eigenvalue weighted by Gasteiger charge is -2.07.